The van der Waals surface area contributed by atoms with E-state index in [0.717, 1.165) is 79.7 Å². The van der Waals surface area contributed by atoms with Gasteiger partial charge in [0, 0.05) is 51.4 Å². The lowest BCUT2D eigenvalue weighted by atomic mass is 10.1. The smallest absolute Gasteiger partial charge is 0.229 e. The highest BCUT2D eigenvalue weighted by atomic mass is 16.3. The Balaban J connectivity index is 1.37. The Labute approximate surface area is 229 Å². The van der Waals surface area contributed by atoms with Gasteiger partial charge in [-0.05, 0) is 43.2 Å². The average molecular weight is 522 g/mol. The van der Waals surface area contributed by atoms with Crippen molar-refractivity contribution in [3.05, 3.63) is 95.3 Å². The van der Waals surface area contributed by atoms with Gasteiger partial charge in [0.25, 0.3) is 0 Å². The SMILES string of the molecule is C/C=C\C(=C/C)N1CCN(c2nc3c4c(nn(Cc5ccccc5)c4n2)CCN3Cc2ccc(O)cc2)CC1. The van der Waals surface area contributed by atoms with E-state index < -0.39 is 0 Å². The molecule has 2 aliphatic heterocycles. The van der Waals surface area contributed by atoms with E-state index in [9.17, 15) is 5.11 Å². The molecular weight excluding hydrogens is 486 g/mol. The Morgan fingerprint density at radius 2 is 1.62 bits per heavy atom. The van der Waals surface area contributed by atoms with Crippen LogP contribution in [0.25, 0.3) is 11.0 Å². The Morgan fingerprint density at radius 1 is 0.872 bits per heavy atom. The maximum Gasteiger partial charge on any atom is 0.229 e. The van der Waals surface area contributed by atoms with E-state index in [4.69, 9.17) is 15.1 Å². The Kier molecular flexibility index (Phi) is 6.92. The number of hydrogen-bond acceptors (Lipinski definition) is 7. The number of nitrogens with zero attached hydrogens (tertiary/aromatic N) is 7. The summed E-state index contributed by atoms with van der Waals surface area (Å²) in [6, 6.07) is 17.9. The van der Waals surface area contributed by atoms with E-state index in [1.807, 2.05) is 18.2 Å². The molecule has 2 aromatic carbocycles. The number of phenolic OH excluding ortho intramolecular Hbond substituents is 1. The maximum absolute atomic E-state index is 9.76. The highest BCUT2D eigenvalue weighted by Gasteiger charge is 2.29. The van der Waals surface area contributed by atoms with Gasteiger partial charge in [-0.1, -0.05) is 54.6 Å². The molecule has 6 rings (SSSR count). The monoisotopic (exact) mass is 521 g/mol. The topological polar surface area (TPSA) is 73.6 Å². The second kappa shape index (κ2) is 10.8. The van der Waals surface area contributed by atoms with Gasteiger partial charge in [-0.25, -0.2) is 4.68 Å². The number of aromatic nitrogens is 4. The van der Waals surface area contributed by atoms with Crippen LogP contribution in [0.2, 0.25) is 0 Å². The van der Waals surface area contributed by atoms with Crippen molar-refractivity contribution in [3.8, 4) is 5.75 Å². The highest BCUT2D eigenvalue weighted by molar-refractivity contribution is 5.92. The van der Waals surface area contributed by atoms with Crippen molar-refractivity contribution in [3.63, 3.8) is 0 Å². The van der Waals surface area contributed by atoms with Crippen LogP contribution in [-0.4, -0.2) is 62.5 Å². The summed E-state index contributed by atoms with van der Waals surface area (Å²) in [6.45, 7) is 9.95. The molecule has 0 atom stereocenters. The quantitative estimate of drug-likeness (QED) is 0.352. The molecule has 0 saturated carbocycles. The summed E-state index contributed by atoms with van der Waals surface area (Å²) in [6.07, 6.45) is 7.29. The molecule has 1 fully saturated rings. The number of piperazine rings is 1. The first kappa shape index (κ1) is 25.0. The number of phenols is 1. The lowest BCUT2D eigenvalue weighted by molar-refractivity contribution is 0.328. The molecule has 2 aliphatic rings. The van der Waals surface area contributed by atoms with Crippen molar-refractivity contribution < 1.29 is 5.11 Å². The van der Waals surface area contributed by atoms with E-state index in [1.165, 1.54) is 11.3 Å². The van der Waals surface area contributed by atoms with Gasteiger partial charge in [0.05, 0.1) is 17.6 Å². The number of allylic oxidation sites excluding steroid dienone is 3. The van der Waals surface area contributed by atoms with Crippen LogP contribution in [0.1, 0.15) is 30.7 Å². The summed E-state index contributed by atoms with van der Waals surface area (Å²) in [5.41, 5.74) is 5.56. The van der Waals surface area contributed by atoms with Gasteiger partial charge >= 0.3 is 0 Å². The lowest BCUT2D eigenvalue weighted by Gasteiger charge is -2.37. The zero-order chi connectivity index (χ0) is 26.8. The molecule has 4 aromatic rings. The van der Waals surface area contributed by atoms with E-state index in [0.29, 0.717) is 6.54 Å². The predicted molar refractivity (Wildman–Crippen MR) is 156 cm³/mol. The molecule has 8 nitrogen and oxygen atoms in total. The zero-order valence-corrected chi connectivity index (χ0v) is 22.7. The minimum Gasteiger partial charge on any atom is -0.508 e. The summed E-state index contributed by atoms with van der Waals surface area (Å²) in [5, 5.41) is 15.8. The third-order valence-corrected chi connectivity index (χ3v) is 7.60. The Hall–Kier alpha value is -4.33. The fourth-order valence-electron chi connectivity index (χ4n) is 5.57. The van der Waals surface area contributed by atoms with Crippen LogP contribution in [0.15, 0.2) is 78.5 Å². The minimum absolute atomic E-state index is 0.281. The first-order valence-electron chi connectivity index (χ1n) is 13.8. The van der Waals surface area contributed by atoms with E-state index in [2.05, 4.69) is 75.7 Å². The normalized spacial score (nSPS) is 16.1. The van der Waals surface area contributed by atoms with Crippen LogP contribution in [0.3, 0.4) is 0 Å². The second-order valence-electron chi connectivity index (χ2n) is 10.2. The average Bonchev–Trinajstić information content (AvgIpc) is 3.32. The molecule has 0 aliphatic carbocycles. The molecule has 0 bridgehead atoms. The molecule has 0 radical (unpaired) electrons. The fraction of sp³-hybridized carbons (Fsp3) is 0.323. The van der Waals surface area contributed by atoms with Gasteiger partial charge in [0.1, 0.15) is 11.6 Å². The zero-order valence-electron chi connectivity index (χ0n) is 22.7. The number of anilines is 2. The molecule has 4 heterocycles. The Morgan fingerprint density at radius 3 is 2.33 bits per heavy atom. The molecule has 2 aromatic heterocycles. The minimum atomic E-state index is 0.281. The first-order chi connectivity index (χ1) is 19.1. The predicted octanol–water partition coefficient (Wildman–Crippen LogP) is 4.74. The number of rotatable bonds is 7. The highest BCUT2D eigenvalue weighted by Crippen LogP contribution is 2.35. The summed E-state index contributed by atoms with van der Waals surface area (Å²) in [5.74, 6) is 2.00. The molecular formula is C31H35N7O. The van der Waals surface area contributed by atoms with Gasteiger partial charge < -0.3 is 19.8 Å². The molecule has 1 saturated heterocycles. The lowest BCUT2D eigenvalue weighted by Crippen LogP contribution is -2.46. The van der Waals surface area contributed by atoms with Crippen molar-refractivity contribution in [1.82, 2.24) is 24.6 Å². The first-order valence-corrected chi connectivity index (χ1v) is 13.8. The number of hydrogen-bond donors (Lipinski definition) is 1. The van der Waals surface area contributed by atoms with Gasteiger partial charge in [0.15, 0.2) is 5.65 Å². The molecule has 0 spiro atoms. The summed E-state index contributed by atoms with van der Waals surface area (Å²) in [7, 11) is 0. The molecule has 200 valence electrons. The summed E-state index contributed by atoms with van der Waals surface area (Å²) in [4.78, 5) is 17.4. The van der Waals surface area contributed by atoms with Gasteiger partial charge in [-0.15, -0.1) is 0 Å². The van der Waals surface area contributed by atoms with Crippen molar-refractivity contribution in [2.45, 2.75) is 33.4 Å². The van der Waals surface area contributed by atoms with Crippen LogP contribution in [0, 0.1) is 0 Å². The van der Waals surface area contributed by atoms with Crippen molar-refractivity contribution in [1.29, 1.82) is 0 Å². The van der Waals surface area contributed by atoms with Crippen LogP contribution in [-0.2, 0) is 19.5 Å². The summed E-state index contributed by atoms with van der Waals surface area (Å²) < 4.78 is 2.05. The number of benzene rings is 2. The van der Waals surface area contributed by atoms with Crippen LogP contribution in [0.5, 0.6) is 5.75 Å². The largest absolute Gasteiger partial charge is 0.508 e. The van der Waals surface area contributed by atoms with Gasteiger partial charge in [0.2, 0.25) is 5.95 Å². The molecule has 0 amide bonds. The standard InChI is InChI=1S/C31H35N7O/c1-3-8-25(4-2)35-17-19-36(20-18-35)31-32-29-28-27(15-16-37(29)21-24-11-13-26(39)14-12-24)34-38(30(28)33-31)22-23-9-6-5-7-10-23/h3-14,39H,15-22H2,1-2H3/b8-3-,25-4+. The third-order valence-electron chi connectivity index (χ3n) is 7.60. The van der Waals surface area contributed by atoms with Gasteiger partial charge in [-0.3, -0.25) is 0 Å². The van der Waals surface area contributed by atoms with Crippen molar-refractivity contribution >= 4 is 22.8 Å². The molecule has 0 unspecified atom stereocenters. The van der Waals surface area contributed by atoms with Crippen molar-refractivity contribution in [2.75, 3.05) is 42.5 Å². The molecule has 8 heteroatoms. The van der Waals surface area contributed by atoms with Crippen molar-refractivity contribution in [2.24, 2.45) is 0 Å². The van der Waals surface area contributed by atoms with Gasteiger partial charge in [-0.2, -0.15) is 15.1 Å². The van der Waals surface area contributed by atoms with Crippen LogP contribution in [0.4, 0.5) is 11.8 Å². The van der Waals surface area contributed by atoms with Crippen LogP contribution < -0.4 is 9.80 Å². The summed E-state index contributed by atoms with van der Waals surface area (Å²) >= 11 is 0. The molecule has 1 N–H and O–H groups in total. The van der Waals surface area contributed by atoms with E-state index in [-0.39, 0.29) is 5.75 Å². The maximum atomic E-state index is 9.76. The second-order valence-corrected chi connectivity index (χ2v) is 10.2. The Bertz CT molecular complexity index is 1500. The third kappa shape index (κ3) is 5.06. The van der Waals surface area contributed by atoms with Crippen LogP contribution >= 0.6 is 0 Å². The molecule has 39 heavy (non-hydrogen) atoms. The van der Waals surface area contributed by atoms with E-state index in [1.54, 1.807) is 12.1 Å². The number of aromatic hydroxyl groups is 1. The van der Waals surface area contributed by atoms with E-state index >= 15 is 0 Å². The fourth-order valence-corrected chi connectivity index (χ4v) is 5.57.